The topological polar surface area (TPSA) is 83.4 Å². The molecule has 2 aliphatic heterocycles. The molecule has 2 atom stereocenters. The van der Waals surface area contributed by atoms with E-state index in [0.717, 1.165) is 5.56 Å². The highest BCUT2D eigenvalue weighted by atomic mass is 32.2. The van der Waals surface area contributed by atoms with Gasteiger partial charge in [-0.05, 0) is 57.2 Å². The fourth-order valence-corrected chi connectivity index (χ4v) is 5.04. The van der Waals surface area contributed by atoms with Crippen molar-refractivity contribution in [3.8, 4) is 11.5 Å². The molecule has 7 nitrogen and oxygen atoms in total. The van der Waals surface area contributed by atoms with Gasteiger partial charge in [0, 0.05) is 31.1 Å². The van der Waals surface area contributed by atoms with Crippen LogP contribution in [0.2, 0.25) is 0 Å². The second-order valence-electron chi connectivity index (χ2n) is 10.3. The Bertz CT molecular complexity index is 1150. The van der Waals surface area contributed by atoms with Gasteiger partial charge in [-0.3, -0.25) is 0 Å². The molecule has 2 heterocycles. The van der Waals surface area contributed by atoms with Crippen LogP contribution in [-0.2, 0) is 22.7 Å². The summed E-state index contributed by atoms with van der Waals surface area (Å²) in [5.74, 6) is -0.177. The Morgan fingerprint density at radius 1 is 1.13 bits per heavy atom. The van der Waals surface area contributed by atoms with E-state index in [1.165, 1.54) is 18.2 Å². The van der Waals surface area contributed by atoms with Gasteiger partial charge in [-0.25, -0.2) is 4.79 Å². The van der Waals surface area contributed by atoms with Crippen LogP contribution in [0.1, 0.15) is 51.2 Å². The van der Waals surface area contributed by atoms with Gasteiger partial charge in [-0.1, -0.05) is 34.7 Å². The maximum atomic E-state index is 12.8. The molecule has 206 valence electrons. The summed E-state index contributed by atoms with van der Waals surface area (Å²) >= 11 is -1.56. The lowest BCUT2D eigenvalue weighted by Crippen LogP contribution is -2.44. The van der Waals surface area contributed by atoms with Crippen LogP contribution in [0.3, 0.4) is 0 Å². The number of alkyl halides is 3. The summed E-state index contributed by atoms with van der Waals surface area (Å²) in [4.78, 5) is 14.2. The van der Waals surface area contributed by atoms with Crippen molar-refractivity contribution in [1.29, 1.82) is 0 Å². The third-order valence-electron chi connectivity index (χ3n) is 6.42. The number of amides is 1. The Labute approximate surface area is 223 Å². The molecule has 4 rings (SSSR count). The van der Waals surface area contributed by atoms with Crippen LogP contribution < -0.4 is 9.47 Å². The van der Waals surface area contributed by atoms with Crippen molar-refractivity contribution in [3.63, 3.8) is 0 Å². The van der Waals surface area contributed by atoms with Crippen molar-refractivity contribution in [2.75, 3.05) is 13.1 Å². The van der Waals surface area contributed by atoms with Crippen LogP contribution in [0.25, 0.3) is 0 Å². The molecule has 1 amide bonds. The van der Waals surface area contributed by atoms with Gasteiger partial charge in [0.2, 0.25) is 0 Å². The first-order valence-electron chi connectivity index (χ1n) is 12.4. The summed E-state index contributed by atoms with van der Waals surface area (Å²) in [5.41, 5.74) is 1.92. The van der Waals surface area contributed by atoms with Crippen molar-refractivity contribution >= 4 is 23.2 Å². The van der Waals surface area contributed by atoms with E-state index in [1.807, 2.05) is 30.3 Å². The summed E-state index contributed by atoms with van der Waals surface area (Å²) in [6.45, 7) is 6.52. The Hall–Kier alpha value is -2.92. The molecule has 11 heteroatoms. The first-order valence-corrected chi connectivity index (χ1v) is 13.5. The standard InChI is InChI=1S/C27H31F3N2O5S/c1-26(2,3)38(34)31-22-16-23(36-24-15-20(9-10-21(22)24)37-27(28,29)30)19-11-13-32(14-12-19)25(33)35-17-18-7-5-4-6-8-18/h4-10,15,19,23H,11-14,16-17H2,1-3H3/b31-22+/t23?,38-/m0/s1. The van der Waals surface area contributed by atoms with Gasteiger partial charge in [0.15, 0.2) is 0 Å². The van der Waals surface area contributed by atoms with Crippen LogP contribution in [0.15, 0.2) is 52.9 Å². The number of halogens is 3. The van der Waals surface area contributed by atoms with Gasteiger partial charge in [0.05, 0.1) is 0 Å². The number of carbonyl (C=O) groups excluding carboxylic acids is 1. The number of benzene rings is 2. The zero-order chi connectivity index (χ0) is 27.5. The lowest BCUT2D eigenvalue weighted by Gasteiger charge is -2.38. The molecule has 2 aromatic carbocycles. The van der Waals surface area contributed by atoms with Crippen molar-refractivity contribution in [1.82, 2.24) is 4.90 Å². The zero-order valence-electron chi connectivity index (χ0n) is 21.5. The normalized spacial score (nSPS) is 20.4. The largest absolute Gasteiger partial charge is 0.591 e. The minimum atomic E-state index is -4.84. The Morgan fingerprint density at radius 2 is 1.82 bits per heavy atom. The van der Waals surface area contributed by atoms with Gasteiger partial charge in [0.25, 0.3) is 0 Å². The van der Waals surface area contributed by atoms with Crippen molar-refractivity contribution in [3.05, 3.63) is 59.7 Å². The molecule has 38 heavy (non-hydrogen) atoms. The van der Waals surface area contributed by atoms with E-state index in [2.05, 4.69) is 9.13 Å². The molecule has 2 aliphatic rings. The quantitative estimate of drug-likeness (QED) is 0.423. The number of fused-ring (bicyclic) bond motifs is 1. The number of hydrogen-bond donors (Lipinski definition) is 0. The summed E-state index contributed by atoms with van der Waals surface area (Å²) < 4.78 is 70.8. The summed E-state index contributed by atoms with van der Waals surface area (Å²) in [6, 6.07) is 13.3. The molecule has 0 saturated carbocycles. The van der Waals surface area contributed by atoms with Gasteiger partial charge in [0.1, 0.15) is 46.0 Å². The summed E-state index contributed by atoms with van der Waals surface area (Å²) in [5, 5.41) is 0. The highest BCUT2D eigenvalue weighted by Gasteiger charge is 2.38. The van der Waals surface area contributed by atoms with Gasteiger partial charge < -0.3 is 23.7 Å². The second-order valence-corrected chi connectivity index (χ2v) is 12.2. The third kappa shape index (κ3) is 7.35. The fraction of sp³-hybridized carbons (Fsp3) is 0.481. The Kier molecular flexibility index (Phi) is 8.46. The van der Waals surface area contributed by atoms with Gasteiger partial charge in [-0.15, -0.1) is 13.2 Å². The molecule has 2 aromatic rings. The molecule has 0 bridgehead atoms. The lowest BCUT2D eigenvalue weighted by atomic mass is 9.85. The number of piperidine rings is 1. The van der Waals surface area contributed by atoms with E-state index < -0.39 is 34.3 Å². The molecule has 1 saturated heterocycles. The van der Waals surface area contributed by atoms with Gasteiger partial charge in [-0.2, -0.15) is 0 Å². The predicted octanol–water partition coefficient (Wildman–Crippen LogP) is 6.04. The summed E-state index contributed by atoms with van der Waals surface area (Å²) in [7, 11) is 0. The second kappa shape index (κ2) is 11.4. The first-order chi connectivity index (χ1) is 17.9. The van der Waals surface area contributed by atoms with E-state index >= 15 is 0 Å². The van der Waals surface area contributed by atoms with E-state index in [0.29, 0.717) is 43.6 Å². The van der Waals surface area contributed by atoms with Crippen molar-refractivity contribution in [2.24, 2.45) is 10.3 Å². The molecule has 0 aromatic heterocycles. The number of ether oxygens (including phenoxy) is 3. The number of hydrogen-bond acceptors (Lipinski definition) is 6. The van der Waals surface area contributed by atoms with Crippen LogP contribution >= 0.6 is 0 Å². The number of rotatable bonds is 5. The Balaban J connectivity index is 1.46. The van der Waals surface area contributed by atoms with Gasteiger partial charge >= 0.3 is 12.5 Å². The highest BCUT2D eigenvalue weighted by Crippen LogP contribution is 2.38. The highest BCUT2D eigenvalue weighted by molar-refractivity contribution is 7.91. The number of carbonyl (C=O) groups is 1. The van der Waals surface area contributed by atoms with Crippen molar-refractivity contribution in [2.45, 2.75) is 63.9 Å². The number of nitrogens with zero attached hydrogens (tertiary/aromatic N) is 2. The Morgan fingerprint density at radius 3 is 2.45 bits per heavy atom. The zero-order valence-corrected chi connectivity index (χ0v) is 22.3. The maximum Gasteiger partial charge on any atom is 0.573 e. The predicted molar refractivity (Wildman–Crippen MR) is 138 cm³/mol. The number of likely N-dealkylation sites (tertiary alicyclic amines) is 1. The molecule has 1 fully saturated rings. The monoisotopic (exact) mass is 552 g/mol. The molecule has 0 aliphatic carbocycles. The van der Waals surface area contributed by atoms with Crippen LogP contribution in [0, 0.1) is 5.92 Å². The molecule has 0 N–H and O–H groups in total. The van der Waals surface area contributed by atoms with E-state index in [9.17, 15) is 22.5 Å². The maximum absolute atomic E-state index is 12.8. The average Bonchev–Trinajstić information content (AvgIpc) is 2.86. The average molecular weight is 553 g/mol. The van der Waals surface area contributed by atoms with Crippen LogP contribution in [0.4, 0.5) is 18.0 Å². The van der Waals surface area contributed by atoms with Crippen LogP contribution in [-0.4, -0.2) is 51.6 Å². The van der Waals surface area contributed by atoms with E-state index in [-0.39, 0.29) is 24.4 Å². The van der Waals surface area contributed by atoms with E-state index in [1.54, 1.807) is 25.7 Å². The smallest absolute Gasteiger partial charge is 0.573 e. The molecular weight excluding hydrogens is 521 g/mol. The SMILES string of the molecule is CC(C)(C)[S@+]([O-])/N=C1\CC(C2CCN(C(=O)OCc3ccccc3)CC2)Oc2cc(OC(F)(F)F)ccc21. The van der Waals surface area contributed by atoms with Crippen LogP contribution in [0.5, 0.6) is 11.5 Å². The first kappa shape index (κ1) is 28.1. The summed E-state index contributed by atoms with van der Waals surface area (Å²) in [6.07, 6.45) is -4.03. The molecule has 0 radical (unpaired) electrons. The fourth-order valence-electron chi connectivity index (χ4n) is 4.39. The minimum Gasteiger partial charge on any atom is -0.591 e. The van der Waals surface area contributed by atoms with Crippen molar-refractivity contribution < 1.29 is 36.7 Å². The lowest BCUT2D eigenvalue weighted by molar-refractivity contribution is -0.274. The van der Waals surface area contributed by atoms with E-state index in [4.69, 9.17) is 9.47 Å². The minimum absolute atomic E-state index is 0.0155. The third-order valence-corrected chi connectivity index (χ3v) is 7.85. The molecular formula is C27H31F3N2O5S. The molecule has 0 spiro atoms. The molecule has 1 unspecified atom stereocenters.